The number of hydrogen-bond donors (Lipinski definition) is 2. The fourth-order valence-electron chi connectivity index (χ4n) is 2.85. The highest BCUT2D eigenvalue weighted by Crippen LogP contribution is 2.32. The van der Waals surface area contributed by atoms with Crippen LogP contribution in [0.3, 0.4) is 0 Å². The monoisotopic (exact) mass is 378 g/mol. The number of ether oxygens (including phenoxy) is 2. The zero-order valence-electron chi connectivity index (χ0n) is 16.7. The molecule has 0 radical (unpaired) electrons. The van der Waals surface area contributed by atoms with Crippen LogP contribution in [0.5, 0.6) is 11.5 Å². The van der Waals surface area contributed by atoms with Gasteiger partial charge in [-0.2, -0.15) is 0 Å². The van der Waals surface area contributed by atoms with Crippen molar-refractivity contribution in [3.8, 4) is 11.5 Å². The molecule has 1 aromatic carbocycles. The summed E-state index contributed by atoms with van der Waals surface area (Å²) >= 11 is 0. The minimum atomic E-state index is -0.226. The predicted octanol–water partition coefficient (Wildman–Crippen LogP) is 3.36. The lowest BCUT2D eigenvalue weighted by atomic mass is 10.0. The molecule has 3 N–H and O–H groups in total. The Morgan fingerprint density at radius 2 is 1.81 bits per heavy atom. The first kappa shape index (κ1) is 22.8. The number of methoxy groups -OCH3 is 1. The van der Waals surface area contributed by atoms with Gasteiger partial charge in [0.15, 0.2) is 18.1 Å². The highest BCUT2D eigenvalue weighted by atomic mass is 16.5. The number of unbranched alkanes of at least 4 members (excludes halogenated alkanes) is 5. The van der Waals surface area contributed by atoms with E-state index in [1.807, 2.05) is 18.2 Å². The fourth-order valence-corrected chi connectivity index (χ4v) is 2.85. The van der Waals surface area contributed by atoms with E-state index in [4.69, 9.17) is 15.2 Å². The SMILES string of the molecule is CCCCNC(=O)COc1cccc(CCCCCCCC(N)=O)c1OC. The summed E-state index contributed by atoms with van der Waals surface area (Å²) in [7, 11) is 1.62. The van der Waals surface area contributed by atoms with E-state index in [-0.39, 0.29) is 18.4 Å². The smallest absolute Gasteiger partial charge is 0.257 e. The van der Waals surface area contributed by atoms with E-state index >= 15 is 0 Å². The van der Waals surface area contributed by atoms with Gasteiger partial charge in [-0.3, -0.25) is 9.59 Å². The molecule has 0 saturated heterocycles. The van der Waals surface area contributed by atoms with Gasteiger partial charge in [-0.25, -0.2) is 0 Å². The number of hydrogen-bond acceptors (Lipinski definition) is 4. The van der Waals surface area contributed by atoms with Crippen molar-refractivity contribution >= 4 is 11.8 Å². The van der Waals surface area contributed by atoms with E-state index in [2.05, 4.69) is 12.2 Å². The molecule has 0 unspecified atom stereocenters. The maximum Gasteiger partial charge on any atom is 0.257 e. The van der Waals surface area contributed by atoms with E-state index in [1.54, 1.807) is 7.11 Å². The van der Waals surface area contributed by atoms with E-state index in [1.165, 1.54) is 0 Å². The predicted molar refractivity (Wildman–Crippen MR) is 107 cm³/mol. The van der Waals surface area contributed by atoms with Gasteiger partial charge < -0.3 is 20.5 Å². The minimum Gasteiger partial charge on any atom is -0.493 e. The second-order valence-electron chi connectivity index (χ2n) is 6.67. The largest absolute Gasteiger partial charge is 0.493 e. The first-order chi connectivity index (χ1) is 13.1. The van der Waals surface area contributed by atoms with Crippen LogP contribution in [-0.2, 0) is 16.0 Å². The van der Waals surface area contributed by atoms with Crippen molar-refractivity contribution < 1.29 is 19.1 Å². The summed E-state index contributed by atoms with van der Waals surface area (Å²) in [6.07, 6.45) is 8.47. The molecule has 27 heavy (non-hydrogen) atoms. The lowest BCUT2D eigenvalue weighted by molar-refractivity contribution is -0.123. The first-order valence-electron chi connectivity index (χ1n) is 9.92. The van der Waals surface area contributed by atoms with Crippen molar-refractivity contribution in [3.63, 3.8) is 0 Å². The van der Waals surface area contributed by atoms with Gasteiger partial charge in [-0.15, -0.1) is 0 Å². The van der Waals surface area contributed by atoms with Gasteiger partial charge in [-0.1, -0.05) is 44.7 Å². The molecule has 0 aliphatic heterocycles. The lowest BCUT2D eigenvalue weighted by Crippen LogP contribution is -2.29. The molecule has 0 saturated carbocycles. The van der Waals surface area contributed by atoms with E-state index < -0.39 is 0 Å². The summed E-state index contributed by atoms with van der Waals surface area (Å²) in [4.78, 5) is 22.5. The standard InChI is InChI=1S/C21H34N2O4/c1-3-4-15-23-20(25)16-27-18-13-10-12-17(21(18)26-2)11-8-6-5-7-9-14-19(22)24/h10,12-13H,3-9,11,14-16H2,1-2H3,(H2,22,24)(H,23,25). The van der Waals surface area contributed by atoms with Gasteiger partial charge in [0, 0.05) is 13.0 Å². The van der Waals surface area contributed by atoms with Crippen LogP contribution in [-0.4, -0.2) is 32.1 Å². The topological polar surface area (TPSA) is 90.6 Å². The van der Waals surface area contributed by atoms with E-state index in [0.717, 1.165) is 56.9 Å². The number of amides is 2. The van der Waals surface area contributed by atoms with Gasteiger partial charge in [0.1, 0.15) is 0 Å². The number of carbonyl (C=O) groups excluding carboxylic acids is 2. The van der Waals surface area contributed by atoms with Crippen molar-refractivity contribution in [3.05, 3.63) is 23.8 Å². The normalized spacial score (nSPS) is 10.4. The third-order valence-corrected chi connectivity index (χ3v) is 4.35. The Hall–Kier alpha value is -2.24. The quantitative estimate of drug-likeness (QED) is 0.458. The third-order valence-electron chi connectivity index (χ3n) is 4.35. The average Bonchev–Trinajstić information content (AvgIpc) is 2.65. The van der Waals surface area contributed by atoms with Crippen LogP contribution < -0.4 is 20.5 Å². The van der Waals surface area contributed by atoms with Crippen LogP contribution in [0.2, 0.25) is 0 Å². The Labute approximate surface area is 162 Å². The van der Waals surface area contributed by atoms with Crippen LogP contribution in [0.4, 0.5) is 0 Å². The van der Waals surface area contributed by atoms with Gasteiger partial charge in [0.25, 0.3) is 5.91 Å². The average molecular weight is 379 g/mol. The molecular weight excluding hydrogens is 344 g/mol. The van der Waals surface area contributed by atoms with Gasteiger partial charge in [-0.05, 0) is 37.3 Å². The molecule has 1 aromatic rings. The summed E-state index contributed by atoms with van der Waals surface area (Å²) in [6.45, 7) is 2.75. The van der Waals surface area contributed by atoms with Crippen molar-refractivity contribution in [1.82, 2.24) is 5.32 Å². The molecular formula is C21H34N2O4. The van der Waals surface area contributed by atoms with Crippen molar-refractivity contribution in [2.45, 2.75) is 64.7 Å². The van der Waals surface area contributed by atoms with Crippen molar-refractivity contribution in [1.29, 1.82) is 0 Å². The molecule has 0 atom stereocenters. The molecule has 6 heteroatoms. The zero-order chi connectivity index (χ0) is 19.9. The highest BCUT2D eigenvalue weighted by molar-refractivity contribution is 5.77. The first-order valence-corrected chi connectivity index (χ1v) is 9.92. The van der Waals surface area contributed by atoms with Crippen molar-refractivity contribution in [2.75, 3.05) is 20.3 Å². The van der Waals surface area contributed by atoms with Crippen LogP contribution in [0, 0.1) is 0 Å². The molecule has 0 bridgehead atoms. The van der Waals surface area contributed by atoms with Crippen LogP contribution in [0.15, 0.2) is 18.2 Å². The summed E-state index contributed by atoms with van der Waals surface area (Å²) in [6, 6.07) is 5.78. The highest BCUT2D eigenvalue weighted by Gasteiger charge is 2.11. The second kappa shape index (κ2) is 13.9. The summed E-state index contributed by atoms with van der Waals surface area (Å²) in [5.74, 6) is 0.956. The molecule has 0 heterocycles. The van der Waals surface area contributed by atoms with Crippen LogP contribution >= 0.6 is 0 Å². The molecule has 6 nitrogen and oxygen atoms in total. The molecule has 0 aliphatic rings. The molecule has 0 aromatic heterocycles. The number of carbonyl (C=O) groups is 2. The number of nitrogens with one attached hydrogen (secondary N) is 1. The Balaban J connectivity index is 2.42. The zero-order valence-corrected chi connectivity index (χ0v) is 16.7. The molecule has 0 fully saturated rings. The summed E-state index contributed by atoms with van der Waals surface area (Å²) in [5.41, 5.74) is 6.22. The second-order valence-corrected chi connectivity index (χ2v) is 6.67. The van der Waals surface area contributed by atoms with Crippen LogP contribution in [0.25, 0.3) is 0 Å². The molecule has 2 amide bonds. The Kier molecular flexibility index (Phi) is 11.7. The van der Waals surface area contributed by atoms with Crippen molar-refractivity contribution in [2.24, 2.45) is 5.73 Å². The van der Waals surface area contributed by atoms with Gasteiger partial charge in [0.05, 0.1) is 7.11 Å². The van der Waals surface area contributed by atoms with E-state index in [0.29, 0.717) is 24.5 Å². The summed E-state index contributed by atoms with van der Waals surface area (Å²) < 4.78 is 11.2. The van der Waals surface area contributed by atoms with Gasteiger partial charge in [0.2, 0.25) is 5.91 Å². The number of nitrogens with two attached hydrogens (primary N) is 1. The molecule has 0 spiro atoms. The molecule has 1 rings (SSSR count). The Bertz CT molecular complexity index is 575. The maximum absolute atomic E-state index is 11.8. The summed E-state index contributed by atoms with van der Waals surface area (Å²) in [5, 5.41) is 2.84. The van der Waals surface area contributed by atoms with E-state index in [9.17, 15) is 9.59 Å². The third kappa shape index (κ3) is 9.87. The number of aryl methyl sites for hydroxylation is 1. The van der Waals surface area contributed by atoms with Crippen LogP contribution in [0.1, 0.15) is 63.9 Å². The molecule has 152 valence electrons. The van der Waals surface area contributed by atoms with Gasteiger partial charge >= 0.3 is 0 Å². The number of primary amides is 1. The lowest BCUT2D eigenvalue weighted by Gasteiger charge is -2.14. The fraction of sp³-hybridized carbons (Fsp3) is 0.619. The molecule has 0 aliphatic carbocycles. The maximum atomic E-state index is 11.8. The Morgan fingerprint density at radius 3 is 2.52 bits per heavy atom. The number of para-hydroxylation sites is 1. The Morgan fingerprint density at radius 1 is 1.07 bits per heavy atom. The number of benzene rings is 1. The number of rotatable bonds is 15. The minimum absolute atomic E-state index is 0.0105.